The molecule has 10 atom stereocenters. The predicted octanol–water partition coefficient (Wildman–Crippen LogP) is 6.36. The van der Waals surface area contributed by atoms with E-state index in [0.717, 1.165) is 25.2 Å². The number of fused-ring (bicyclic) bond motifs is 8. The summed E-state index contributed by atoms with van der Waals surface area (Å²) >= 11 is 0. The van der Waals surface area contributed by atoms with Crippen LogP contribution in [0.25, 0.3) is 10.4 Å². The van der Waals surface area contributed by atoms with Crippen LogP contribution >= 0.6 is 0 Å². The molecule has 4 heteroatoms. The van der Waals surface area contributed by atoms with Gasteiger partial charge in [-0.2, -0.15) is 0 Å². The van der Waals surface area contributed by atoms with E-state index < -0.39 is 0 Å². The number of rotatable bonds is 1. The van der Waals surface area contributed by atoms with Gasteiger partial charge in [0, 0.05) is 16.9 Å². The average molecular weight is 396 g/mol. The van der Waals surface area contributed by atoms with E-state index in [-0.39, 0.29) is 11.6 Å². The Balaban J connectivity index is 1.56. The molecule has 4 aliphatic carbocycles. The lowest BCUT2D eigenvalue weighted by Crippen LogP contribution is -2.61. The third kappa shape index (κ3) is 2.66. The molecule has 0 spiro atoms. The first-order valence-electron chi connectivity index (χ1n) is 11.9. The highest BCUT2D eigenvalue weighted by Crippen LogP contribution is 2.70. The van der Waals surface area contributed by atoms with Crippen molar-refractivity contribution in [2.75, 3.05) is 0 Å². The molecule has 0 aromatic heterocycles. The van der Waals surface area contributed by atoms with E-state index in [4.69, 9.17) is 16.7 Å². The monoisotopic (exact) mass is 395 g/mol. The van der Waals surface area contributed by atoms with Gasteiger partial charge in [-0.15, -0.1) is 12.3 Å². The summed E-state index contributed by atoms with van der Waals surface area (Å²) < 4.78 is 6.88. The van der Waals surface area contributed by atoms with Crippen molar-refractivity contribution < 1.29 is 4.74 Å². The van der Waals surface area contributed by atoms with Gasteiger partial charge in [0.05, 0.1) is 11.7 Å². The average Bonchev–Trinajstić information content (AvgIpc) is 3.18. The summed E-state index contributed by atoms with van der Waals surface area (Å²) in [5, 5.41) is 4.16. The number of nitrogens with zero attached hydrogens (tertiary/aromatic N) is 3. The van der Waals surface area contributed by atoms with Crippen LogP contribution in [0.5, 0.6) is 0 Å². The lowest BCUT2D eigenvalue weighted by atomic mass is 9.41. The fourth-order valence-corrected chi connectivity index (χ4v) is 9.26. The van der Waals surface area contributed by atoms with Gasteiger partial charge in [0.1, 0.15) is 0 Å². The van der Waals surface area contributed by atoms with Gasteiger partial charge < -0.3 is 4.74 Å². The van der Waals surface area contributed by atoms with Gasteiger partial charge in [-0.1, -0.05) is 19.0 Å². The minimum Gasteiger partial charge on any atom is -0.372 e. The Bertz CT molecular complexity index is 779. The molecule has 0 N–H and O–H groups in total. The molecule has 158 valence electrons. The van der Waals surface area contributed by atoms with Crippen molar-refractivity contribution in [3.63, 3.8) is 0 Å². The number of azide groups is 1. The fourth-order valence-electron chi connectivity index (χ4n) is 9.26. The summed E-state index contributed by atoms with van der Waals surface area (Å²) in [5.74, 6) is 6.91. The maximum Gasteiger partial charge on any atom is 0.0648 e. The van der Waals surface area contributed by atoms with E-state index in [0.29, 0.717) is 46.5 Å². The molecule has 0 radical (unpaired) electrons. The summed E-state index contributed by atoms with van der Waals surface area (Å²) in [5.41, 5.74) is 9.63. The Morgan fingerprint density at radius 1 is 1.00 bits per heavy atom. The minimum atomic E-state index is -0.0471. The summed E-state index contributed by atoms with van der Waals surface area (Å²) in [6, 6.07) is 0.171. The van der Waals surface area contributed by atoms with Crippen LogP contribution in [0.3, 0.4) is 0 Å². The summed E-state index contributed by atoms with van der Waals surface area (Å²) in [7, 11) is 0. The molecule has 0 aromatic carbocycles. The van der Waals surface area contributed by atoms with Gasteiger partial charge in [-0.25, -0.2) is 0 Å². The van der Waals surface area contributed by atoms with Crippen molar-refractivity contribution in [1.29, 1.82) is 0 Å². The first kappa shape index (κ1) is 19.8. The predicted molar refractivity (Wildman–Crippen MR) is 115 cm³/mol. The zero-order chi connectivity index (χ0) is 20.6. The molecule has 5 fully saturated rings. The van der Waals surface area contributed by atoms with Gasteiger partial charge in [-0.05, 0) is 111 Å². The lowest BCUT2D eigenvalue weighted by molar-refractivity contribution is -0.191. The Hall–Kier alpha value is -1.17. The standard InChI is InChI=1S/C25H37N3O/c1-6-15-7-8-18-21-19(10-12-24(15,18)4)25(5)11-9-16(27-28-26)13-20(25)17-14-23(2,3)29-22(17)21/h1,15-22H,7-14H2,2-5H3/t15?,16-,17+,18?,19?,20?,21?,22-,24+,25+/m0/s1. The molecular weight excluding hydrogens is 358 g/mol. The van der Waals surface area contributed by atoms with E-state index in [2.05, 4.69) is 43.6 Å². The van der Waals surface area contributed by atoms with E-state index in [1.165, 1.54) is 32.1 Å². The Morgan fingerprint density at radius 3 is 2.45 bits per heavy atom. The Morgan fingerprint density at radius 2 is 1.72 bits per heavy atom. The van der Waals surface area contributed by atoms with Gasteiger partial charge in [0.15, 0.2) is 0 Å². The van der Waals surface area contributed by atoms with Crippen molar-refractivity contribution in [2.24, 2.45) is 51.5 Å². The zero-order valence-corrected chi connectivity index (χ0v) is 18.6. The quantitative estimate of drug-likeness (QED) is 0.220. The fraction of sp³-hybridized carbons (Fsp3) is 0.920. The topological polar surface area (TPSA) is 58.0 Å². The molecule has 29 heavy (non-hydrogen) atoms. The SMILES string of the molecule is C#CC1CCC2C3C(CC[C@]12C)[C@@]1(C)CC[C@H](N=[N+]=[N-])CC1[C@H]1CC(C)(C)O[C@H]31. The van der Waals surface area contributed by atoms with Gasteiger partial charge in [0.25, 0.3) is 0 Å². The summed E-state index contributed by atoms with van der Waals surface area (Å²) in [6.45, 7) is 9.64. The van der Waals surface area contributed by atoms with Crippen molar-refractivity contribution in [3.05, 3.63) is 10.4 Å². The van der Waals surface area contributed by atoms with Crippen LogP contribution in [0.15, 0.2) is 5.11 Å². The molecule has 5 unspecified atom stereocenters. The van der Waals surface area contributed by atoms with E-state index in [1.54, 1.807) is 0 Å². The largest absolute Gasteiger partial charge is 0.372 e. The van der Waals surface area contributed by atoms with E-state index >= 15 is 0 Å². The van der Waals surface area contributed by atoms with E-state index in [1.807, 2.05) is 0 Å². The molecule has 1 heterocycles. The number of hydrogen-bond acceptors (Lipinski definition) is 2. The van der Waals surface area contributed by atoms with Crippen molar-refractivity contribution in [1.82, 2.24) is 0 Å². The number of ether oxygens (including phenoxy) is 1. The van der Waals surface area contributed by atoms with Crippen LogP contribution in [0.2, 0.25) is 0 Å². The molecule has 0 aromatic rings. The van der Waals surface area contributed by atoms with Crippen LogP contribution in [-0.4, -0.2) is 17.7 Å². The second-order valence-electron chi connectivity index (χ2n) is 12.1. The molecule has 5 rings (SSSR count). The molecular formula is C25H37N3O. The third-order valence-electron chi connectivity index (χ3n) is 10.5. The normalized spacial score (nSPS) is 54.9. The van der Waals surface area contributed by atoms with Crippen LogP contribution in [0.4, 0.5) is 0 Å². The van der Waals surface area contributed by atoms with Crippen LogP contribution in [0.1, 0.15) is 79.1 Å². The lowest BCUT2D eigenvalue weighted by Gasteiger charge is -2.64. The highest BCUT2D eigenvalue weighted by molar-refractivity contribution is 5.18. The van der Waals surface area contributed by atoms with Crippen LogP contribution < -0.4 is 0 Å². The third-order valence-corrected chi connectivity index (χ3v) is 10.5. The zero-order valence-electron chi connectivity index (χ0n) is 18.6. The summed E-state index contributed by atoms with van der Waals surface area (Å²) in [6.07, 6.45) is 15.9. The first-order valence-corrected chi connectivity index (χ1v) is 11.9. The van der Waals surface area contributed by atoms with Crippen LogP contribution in [-0.2, 0) is 4.74 Å². The molecule has 1 saturated heterocycles. The molecule has 0 bridgehead atoms. The second-order valence-corrected chi connectivity index (χ2v) is 12.1. The van der Waals surface area contributed by atoms with Crippen molar-refractivity contribution >= 4 is 0 Å². The van der Waals surface area contributed by atoms with Gasteiger partial charge >= 0.3 is 0 Å². The Kier molecular flexibility index (Phi) is 4.37. The number of hydrogen-bond donors (Lipinski definition) is 0. The molecule has 5 aliphatic rings. The van der Waals surface area contributed by atoms with Gasteiger partial charge in [-0.3, -0.25) is 0 Å². The maximum atomic E-state index is 9.03. The van der Waals surface area contributed by atoms with Crippen molar-refractivity contribution in [2.45, 2.75) is 96.8 Å². The molecule has 0 amide bonds. The van der Waals surface area contributed by atoms with Crippen molar-refractivity contribution in [3.8, 4) is 12.3 Å². The van der Waals surface area contributed by atoms with Gasteiger partial charge in [0.2, 0.25) is 0 Å². The smallest absolute Gasteiger partial charge is 0.0648 e. The minimum absolute atomic E-state index is 0.0471. The Labute approximate surface area is 176 Å². The highest BCUT2D eigenvalue weighted by Gasteiger charge is 2.67. The number of terminal acetylenes is 1. The first-order chi connectivity index (χ1) is 13.7. The molecule has 4 nitrogen and oxygen atoms in total. The highest BCUT2D eigenvalue weighted by atomic mass is 16.5. The van der Waals surface area contributed by atoms with Crippen LogP contribution in [0, 0.1) is 58.7 Å². The maximum absolute atomic E-state index is 9.03. The van der Waals surface area contributed by atoms with E-state index in [9.17, 15) is 0 Å². The summed E-state index contributed by atoms with van der Waals surface area (Å²) in [4.78, 5) is 3.16. The molecule has 1 aliphatic heterocycles. The second kappa shape index (κ2) is 6.41. The molecule has 4 saturated carbocycles.